The van der Waals surface area contributed by atoms with Crippen molar-refractivity contribution >= 4 is 25.0 Å². The number of aldehydes is 1. The minimum Gasteiger partial charge on any atom is -0.404 e. The van der Waals surface area contributed by atoms with Crippen molar-refractivity contribution in [3.8, 4) is 0 Å². The van der Waals surface area contributed by atoms with Crippen molar-refractivity contribution in [2.45, 2.75) is 31.9 Å². The third-order valence-corrected chi connectivity index (χ3v) is 9.34. The van der Waals surface area contributed by atoms with Crippen molar-refractivity contribution in [1.29, 1.82) is 0 Å². The van der Waals surface area contributed by atoms with Gasteiger partial charge < -0.3 is 14.0 Å². The Labute approximate surface area is 145 Å². The lowest BCUT2D eigenvalue weighted by Crippen LogP contribution is -2.67. The van der Waals surface area contributed by atoms with Crippen LogP contribution < -0.4 is 10.4 Å². The van der Waals surface area contributed by atoms with Crippen LogP contribution >= 0.6 is 0 Å². The summed E-state index contributed by atoms with van der Waals surface area (Å²) in [6.07, 6.45) is 0.254. The summed E-state index contributed by atoms with van der Waals surface area (Å²) in [5, 5.41) is 2.30. The molecular formula is C20H26O3Si. The topological polar surface area (TPSA) is 35.5 Å². The van der Waals surface area contributed by atoms with Gasteiger partial charge in [0.1, 0.15) is 6.10 Å². The van der Waals surface area contributed by atoms with E-state index in [0.717, 1.165) is 6.29 Å². The zero-order valence-electron chi connectivity index (χ0n) is 14.9. The Balaban J connectivity index is 2.59. The van der Waals surface area contributed by atoms with E-state index < -0.39 is 14.4 Å². The summed E-state index contributed by atoms with van der Waals surface area (Å²) in [7, 11) is -1.05. The molecule has 2 rings (SSSR count). The molecule has 1 atom stereocenters. The first-order valence-electron chi connectivity index (χ1n) is 8.19. The standard InChI is InChI=1S/C20H26O3Si/c1-20(2,3)24(18-11-7-5-8-12-18,19-13-9-6-10-14-19)23-16-17(15-21)22-4/h5-15,17H,16H2,1-4H3/t17-/m1/s1. The summed E-state index contributed by atoms with van der Waals surface area (Å²) in [4.78, 5) is 11.2. The van der Waals surface area contributed by atoms with E-state index in [1.54, 1.807) is 0 Å². The molecule has 0 saturated carbocycles. The fraction of sp³-hybridized carbons (Fsp3) is 0.350. The molecule has 0 radical (unpaired) electrons. The maximum atomic E-state index is 11.2. The van der Waals surface area contributed by atoms with Crippen LogP contribution in [0.2, 0.25) is 5.04 Å². The second kappa shape index (κ2) is 7.88. The fourth-order valence-corrected chi connectivity index (χ4v) is 7.70. The van der Waals surface area contributed by atoms with E-state index in [-0.39, 0.29) is 11.6 Å². The summed E-state index contributed by atoms with van der Waals surface area (Å²) in [5.41, 5.74) is 0. The molecule has 4 heteroatoms. The van der Waals surface area contributed by atoms with Gasteiger partial charge in [0.05, 0.1) is 6.61 Å². The highest BCUT2D eigenvalue weighted by molar-refractivity contribution is 6.99. The van der Waals surface area contributed by atoms with E-state index in [0.29, 0.717) is 0 Å². The first kappa shape index (κ1) is 18.6. The molecule has 0 aliphatic rings. The molecule has 0 saturated heterocycles. The lowest BCUT2D eigenvalue weighted by Gasteiger charge is -2.43. The molecule has 3 nitrogen and oxygen atoms in total. The summed E-state index contributed by atoms with van der Waals surface area (Å²) >= 11 is 0. The summed E-state index contributed by atoms with van der Waals surface area (Å²) in [6.45, 7) is 6.89. The Morgan fingerprint density at radius 3 is 1.75 bits per heavy atom. The molecule has 0 N–H and O–H groups in total. The Bertz CT molecular complexity index is 595. The van der Waals surface area contributed by atoms with Gasteiger partial charge in [0.2, 0.25) is 0 Å². The van der Waals surface area contributed by atoms with Gasteiger partial charge in [0.15, 0.2) is 6.29 Å². The third kappa shape index (κ3) is 3.66. The number of methoxy groups -OCH3 is 1. The molecule has 0 aliphatic carbocycles. The lowest BCUT2D eigenvalue weighted by atomic mass is 10.2. The predicted octanol–water partition coefficient (Wildman–Crippen LogP) is 2.78. The molecule has 0 aliphatic heterocycles. The molecule has 0 aromatic heterocycles. The number of hydrogen-bond donors (Lipinski definition) is 0. The van der Waals surface area contributed by atoms with Crippen LogP contribution in [0.3, 0.4) is 0 Å². The third-order valence-electron chi connectivity index (χ3n) is 4.34. The minimum absolute atomic E-state index is 0.100. The van der Waals surface area contributed by atoms with Gasteiger partial charge in [-0.2, -0.15) is 0 Å². The SMILES string of the molecule is CO[C@H](C=O)CO[Si](c1ccccc1)(c1ccccc1)C(C)(C)C. The number of carbonyl (C=O) groups is 1. The molecular weight excluding hydrogens is 316 g/mol. The normalized spacial score (nSPS) is 13.5. The van der Waals surface area contributed by atoms with Crippen molar-refractivity contribution in [3.05, 3.63) is 60.7 Å². The summed E-state index contributed by atoms with van der Waals surface area (Å²) in [6, 6.07) is 20.7. The first-order valence-corrected chi connectivity index (χ1v) is 10.1. The maximum absolute atomic E-state index is 11.2. The zero-order valence-corrected chi connectivity index (χ0v) is 15.9. The van der Waals surface area contributed by atoms with Gasteiger partial charge in [-0.05, 0) is 15.4 Å². The molecule has 24 heavy (non-hydrogen) atoms. The van der Waals surface area contributed by atoms with Crippen LogP contribution in [0.15, 0.2) is 60.7 Å². The van der Waals surface area contributed by atoms with Gasteiger partial charge in [-0.15, -0.1) is 0 Å². The highest BCUT2D eigenvalue weighted by atomic mass is 28.4. The highest BCUT2D eigenvalue weighted by Gasteiger charge is 2.50. The number of rotatable bonds is 7. The fourth-order valence-electron chi connectivity index (χ4n) is 3.13. The van der Waals surface area contributed by atoms with Crippen molar-refractivity contribution in [3.63, 3.8) is 0 Å². The van der Waals surface area contributed by atoms with Crippen LogP contribution in [0.5, 0.6) is 0 Å². The van der Waals surface area contributed by atoms with Gasteiger partial charge in [0.25, 0.3) is 8.32 Å². The molecule has 2 aromatic rings. The predicted molar refractivity (Wildman–Crippen MR) is 100 cm³/mol. The van der Waals surface area contributed by atoms with E-state index in [4.69, 9.17) is 9.16 Å². The van der Waals surface area contributed by atoms with Gasteiger partial charge in [-0.25, -0.2) is 0 Å². The van der Waals surface area contributed by atoms with Crippen molar-refractivity contribution < 1.29 is 14.0 Å². The van der Waals surface area contributed by atoms with Crippen LogP contribution in [0.1, 0.15) is 20.8 Å². The van der Waals surface area contributed by atoms with Gasteiger partial charge in [0, 0.05) is 7.11 Å². The van der Waals surface area contributed by atoms with Crippen molar-refractivity contribution in [1.82, 2.24) is 0 Å². The second-order valence-electron chi connectivity index (χ2n) is 6.88. The van der Waals surface area contributed by atoms with E-state index >= 15 is 0 Å². The molecule has 0 fully saturated rings. The van der Waals surface area contributed by atoms with E-state index in [1.165, 1.54) is 17.5 Å². The Morgan fingerprint density at radius 1 is 0.958 bits per heavy atom. The van der Waals surface area contributed by atoms with Crippen LogP contribution in [-0.4, -0.2) is 34.4 Å². The molecule has 0 spiro atoms. The van der Waals surface area contributed by atoms with Crippen LogP contribution in [0.25, 0.3) is 0 Å². The monoisotopic (exact) mass is 342 g/mol. The maximum Gasteiger partial charge on any atom is 0.261 e. The van der Waals surface area contributed by atoms with Gasteiger partial charge in [-0.3, -0.25) is 0 Å². The van der Waals surface area contributed by atoms with E-state index in [9.17, 15) is 4.79 Å². The molecule has 0 unspecified atom stereocenters. The first-order chi connectivity index (χ1) is 11.5. The van der Waals surface area contributed by atoms with Gasteiger partial charge in [-0.1, -0.05) is 81.4 Å². The molecule has 2 aromatic carbocycles. The minimum atomic E-state index is -2.58. The Hall–Kier alpha value is -1.75. The molecule has 0 bridgehead atoms. The molecule has 0 heterocycles. The highest BCUT2D eigenvalue weighted by Crippen LogP contribution is 2.36. The average molecular weight is 343 g/mol. The Morgan fingerprint density at radius 2 is 1.42 bits per heavy atom. The number of ether oxygens (including phenoxy) is 1. The quantitative estimate of drug-likeness (QED) is 0.573. The largest absolute Gasteiger partial charge is 0.404 e. The average Bonchev–Trinajstić information content (AvgIpc) is 2.59. The zero-order chi connectivity index (χ0) is 17.6. The van der Waals surface area contributed by atoms with Gasteiger partial charge >= 0.3 is 0 Å². The van der Waals surface area contributed by atoms with Crippen LogP contribution in [0, 0.1) is 0 Å². The van der Waals surface area contributed by atoms with E-state index in [1.807, 2.05) is 36.4 Å². The molecule has 0 amide bonds. The van der Waals surface area contributed by atoms with Crippen molar-refractivity contribution in [2.75, 3.05) is 13.7 Å². The Kier molecular flexibility index (Phi) is 6.10. The van der Waals surface area contributed by atoms with Crippen LogP contribution in [-0.2, 0) is 14.0 Å². The summed E-state index contributed by atoms with van der Waals surface area (Å²) < 4.78 is 11.8. The smallest absolute Gasteiger partial charge is 0.261 e. The summed E-state index contributed by atoms with van der Waals surface area (Å²) in [5.74, 6) is 0. The van der Waals surface area contributed by atoms with Crippen LogP contribution in [0.4, 0.5) is 0 Å². The lowest BCUT2D eigenvalue weighted by molar-refractivity contribution is -0.118. The number of carbonyl (C=O) groups excluding carboxylic acids is 1. The van der Waals surface area contributed by atoms with E-state index in [2.05, 4.69) is 45.0 Å². The number of hydrogen-bond acceptors (Lipinski definition) is 3. The number of benzene rings is 2. The second-order valence-corrected chi connectivity index (χ2v) is 11.2. The van der Waals surface area contributed by atoms with Crippen molar-refractivity contribution in [2.24, 2.45) is 0 Å². The molecule has 128 valence electrons.